The molecule has 0 spiro atoms. The number of carbonyl (C=O) groups is 1. The minimum atomic E-state index is -0.530. The number of methoxy groups -OCH3 is 1. The Morgan fingerprint density at radius 1 is 1.18 bits per heavy atom. The number of hydrogen-bond acceptors (Lipinski definition) is 6. The van der Waals surface area contributed by atoms with Crippen LogP contribution in [0.2, 0.25) is 0 Å². The fourth-order valence-electron chi connectivity index (χ4n) is 2.63. The lowest BCUT2D eigenvalue weighted by Crippen LogP contribution is -2.08. The van der Waals surface area contributed by atoms with Crippen LogP contribution in [0.5, 0.6) is 5.75 Å². The molecule has 3 rings (SSSR count). The topological polar surface area (TPSA) is 74.5 Å². The highest BCUT2D eigenvalue weighted by molar-refractivity contribution is 5.72. The summed E-state index contributed by atoms with van der Waals surface area (Å²) in [5, 5.41) is 3.91. The van der Waals surface area contributed by atoms with E-state index in [2.05, 4.69) is 24.0 Å². The number of ether oxygens (including phenoxy) is 2. The molecule has 0 radical (unpaired) electrons. The molecule has 0 aliphatic rings. The van der Waals surface area contributed by atoms with E-state index >= 15 is 0 Å². The summed E-state index contributed by atoms with van der Waals surface area (Å²) in [5.74, 6) is 0.129. The monoisotopic (exact) mass is 384 g/mol. The Balaban J connectivity index is 1.56. The molecule has 6 nitrogen and oxygen atoms in total. The smallest absolute Gasteiger partial charge is 0.310 e. The van der Waals surface area contributed by atoms with Crippen LogP contribution in [0, 0.1) is 5.82 Å². The van der Waals surface area contributed by atoms with E-state index in [0.29, 0.717) is 17.3 Å². The van der Waals surface area contributed by atoms with E-state index in [1.165, 1.54) is 24.8 Å². The highest BCUT2D eigenvalue weighted by Crippen LogP contribution is 2.21. The molecular weight excluding hydrogens is 363 g/mol. The second-order valence-corrected chi connectivity index (χ2v) is 6.59. The fraction of sp³-hybridized carbons (Fsp3) is 0.286. The van der Waals surface area contributed by atoms with Crippen molar-refractivity contribution < 1.29 is 23.2 Å². The summed E-state index contributed by atoms with van der Waals surface area (Å²) >= 11 is 0. The predicted molar refractivity (Wildman–Crippen MR) is 100 cm³/mol. The average molecular weight is 384 g/mol. The summed E-state index contributed by atoms with van der Waals surface area (Å²) in [7, 11) is 1.38. The first-order chi connectivity index (χ1) is 13.5. The summed E-state index contributed by atoms with van der Waals surface area (Å²) in [6, 6.07) is 12.2. The standard InChI is InChI=1S/C21H21FN2O4/c1-13(2)15-5-7-16(8-6-15)21-23-19(28-24-21)12-27-20(25)11-14-4-9-18(26-3)17(22)10-14/h4-10,13H,11-12H2,1-3H3. The number of esters is 1. The van der Waals surface area contributed by atoms with Crippen LogP contribution >= 0.6 is 0 Å². The van der Waals surface area contributed by atoms with Crippen LogP contribution < -0.4 is 4.74 Å². The van der Waals surface area contributed by atoms with E-state index in [4.69, 9.17) is 14.0 Å². The predicted octanol–water partition coefficient (Wildman–Crippen LogP) is 4.29. The molecule has 7 heteroatoms. The quantitative estimate of drug-likeness (QED) is 0.566. The van der Waals surface area contributed by atoms with Crippen molar-refractivity contribution in [3.05, 3.63) is 65.3 Å². The van der Waals surface area contributed by atoms with E-state index in [1.807, 2.05) is 24.3 Å². The Bertz CT molecular complexity index is 951. The molecule has 0 aliphatic heterocycles. The first-order valence-corrected chi connectivity index (χ1v) is 8.87. The molecule has 0 fully saturated rings. The van der Waals surface area contributed by atoms with Crippen LogP contribution in [-0.2, 0) is 22.6 Å². The van der Waals surface area contributed by atoms with Gasteiger partial charge >= 0.3 is 5.97 Å². The van der Waals surface area contributed by atoms with Gasteiger partial charge in [-0.05, 0) is 29.2 Å². The van der Waals surface area contributed by atoms with Crippen molar-refractivity contribution in [2.45, 2.75) is 32.8 Å². The van der Waals surface area contributed by atoms with Gasteiger partial charge in [0.25, 0.3) is 5.89 Å². The Labute approximate surface area is 162 Å². The van der Waals surface area contributed by atoms with Gasteiger partial charge in [0.2, 0.25) is 5.82 Å². The molecule has 146 valence electrons. The molecule has 2 aromatic carbocycles. The van der Waals surface area contributed by atoms with E-state index in [0.717, 1.165) is 5.56 Å². The molecule has 3 aromatic rings. The molecule has 0 saturated carbocycles. The van der Waals surface area contributed by atoms with Crippen molar-refractivity contribution in [3.63, 3.8) is 0 Å². The lowest BCUT2D eigenvalue weighted by Gasteiger charge is -2.05. The van der Waals surface area contributed by atoms with Gasteiger partial charge in [0.05, 0.1) is 13.5 Å². The zero-order chi connectivity index (χ0) is 20.1. The van der Waals surface area contributed by atoms with Crippen LogP contribution in [-0.4, -0.2) is 23.2 Å². The van der Waals surface area contributed by atoms with Crippen LogP contribution in [0.25, 0.3) is 11.4 Å². The maximum absolute atomic E-state index is 13.7. The summed E-state index contributed by atoms with van der Waals surface area (Å²) in [6.07, 6.45) is -0.0709. The molecule has 0 bridgehead atoms. The van der Waals surface area contributed by atoms with Crippen LogP contribution in [0.4, 0.5) is 4.39 Å². The van der Waals surface area contributed by atoms with Crippen molar-refractivity contribution >= 4 is 5.97 Å². The maximum atomic E-state index is 13.7. The number of rotatable bonds is 7. The first-order valence-electron chi connectivity index (χ1n) is 8.87. The Morgan fingerprint density at radius 2 is 1.93 bits per heavy atom. The SMILES string of the molecule is COc1ccc(CC(=O)OCc2nc(-c3ccc(C(C)C)cc3)no2)cc1F. The molecular formula is C21H21FN2O4. The van der Waals surface area contributed by atoms with Crippen LogP contribution in [0.15, 0.2) is 47.0 Å². The molecule has 0 N–H and O–H groups in total. The summed E-state index contributed by atoms with van der Waals surface area (Å²) in [4.78, 5) is 16.2. The minimum absolute atomic E-state index is 0.0709. The van der Waals surface area contributed by atoms with Crippen molar-refractivity contribution in [3.8, 4) is 17.1 Å². The van der Waals surface area contributed by atoms with Gasteiger partial charge in [0, 0.05) is 5.56 Å². The van der Waals surface area contributed by atoms with Crippen molar-refractivity contribution in [2.75, 3.05) is 7.11 Å². The highest BCUT2D eigenvalue weighted by atomic mass is 19.1. The summed E-state index contributed by atoms with van der Waals surface area (Å²) in [6.45, 7) is 4.10. The number of benzene rings is 2. The van der Waals surface area contributed by atoms with Gasteiger partial charge in [0.1, 0.15) is 0 Å². The first kappa shape index (κ1) is 19.5. The molecule has 0 unspecified atom stereocenters. The molecule has 1 aromatic heterocycles. The summed E-state index contributed by atoms with van der Waals surface area (Å²) in [5.41, 5.74) is 2.52. The zero-order valence-corrected chi connectivity index (χ0v) is 15.9. The van der Waals surface area contributed by atoms with Crippen molar-refractivity contribution in [1.29, 1.82) is 0 Å². The third-order valence-corrected chi connectivity index (χ3v) is 4.22. The van der Waals surface area contributed by atoms with Gasteiger partial charge in [-0.25, -0.2) is 4.39 Å². The Morgan fingerprint density at radius 3 is 2.57 bits per heavy atom. The molecule has 0 saturated heterocycles. The maximum Gasteiger partial charge on any atom is 0.310 e. The Hall–Kier alpha value is -3.22. The molecule has 1 heterocycles. The van der Waals surface area contributed by atoms with E-state index < -0.39 is 11.8 Å². The fourth-order valence-corrected chi connectivity index (χ4v) is 2.63. The number of nitrogens with zero attached hydrogens (tertiary/aromatic N) is 2. The number of hydrogen-bond donors (Lipinski definition) is 0. The molecule has 0 amide bonds. The van der Waals surface area contributed by atoms with Gasteiger partial charge < -0.3 is 14.0 Å². The van der Waals surface area contributed by atoms with Crippen molar-refractivity contribution in [1.82, 2.24) is 10.1 Å². The summed E-state index contributed by atoms with van der Waals surface area (Å²) < 4.78 is 28.8. The van der Waals surface area contributed by atoms with E-state index in [-0.39, 0.29) is 24.7 Å². The lowest BCUT2D eigenvalue weighted by atomic mass is 10.0. The third-order valence-electron chi connectivity index (χ3n) is 4.22. The number of aromatic nitrogens is 2. The van der Waals surface area contributed by atoms with E-state index in [9.17, 15) is 9.18 Å². The van der Waals surface area contributed by atoms with Gasteiger partial charge in [-0.2, -0.15) is 4.98 Å². The number of carbonyl (C=O) groups excluding carboxylic acids is 1. The average Bonchev–Trinajstić information content (AvgIpc) is 3.16. The van der Waals surface area contributed by atoms with Crippen molar-refractivity contribution in [2.24, 2.45) is 0 Å². The largest absolute Gasteiger partial charge is 0.494 e. The van der Waals surface area contributed by atoms with Crippen LogP contribution in [0.3, 0.4) is 0 Å². The van der Waals surface area contributed by atoms with Gasteiger partial charge in [0.15, 0.2) is 18.2 Å². The van der Waals surface area contributed by atoms with E-state index in [1.54, 1.807) is 6.07 Å². The van der Waals surface area contributed by atoms with Gasteiger partial charge in [-0.3, -0.25) is 4.79 Å². The van der Waals surface area contributed by atoms with Gasteiger partial charge in [-0.15, -0.1) is 0 Å². The molecule has 0 atom stereocenters. The van der Waals surface area contributed by atoms with Crippen LogP contribution in [0.1, 0.15) is 36.8 Å². The molecule has 28 heavy (non-hydrogen) atoms. The lowest BCUT2D eigenvalue weighted by molar-refractivity contribution is -0.144. The molecule has 0 aliphatic carbocycles. The minimum Gasteiger partial charge on any atom is -0.494 e. The third kappa shape index (κ3) is 4.73. The second-order valence-electron chi connectivity index (χ2n) is 6.59. The second kappa shape index (κ2) is 8.65. The highest BCUT2D eigenvalue weighted by Gasteiger charge is 2.13. The zero-order valence-electron chi connectivity index (χ0n) is 15.9. The normalized spacial score (nSPS) is 10.9. The number of halogens is 1. The van der Waals surface area contributed by atoms with Gasteiger partial charge in [-0.1, -0.05) is 49.3 Å². The Kier molecular flexibility index (Phi) is 6.03.